The molecule has 0 saturated heterocycles. The van der Waals surface area contributed by atoms with Gasteiger partial charge in [0, 0.05) is 14.2 Å². The third-order valence-corrected chi connectivity index (χ3v) is 4.98. The lowest BCUT2D eigenvalue weighted by atomic mass is 10.2. The fraction of sp³-hybridized carbons (Fsp3) is 0.125. The molecule has 5 heteroatoms. The maximum atomic E-state index is 11.9. The quantitative estimate of drug-likeness (QED) is 0.610. The van der Waals surface area contributed by atoms with Gasteiger partial charge in [-0.3, -0.25) is 4.79 Å². The number of nitrogens with one attached hydrogen (secondary N) is 1. The van der Waals surface area contributed by atoms with Crippen LogP contribution in [0.1, 0.15) is 11.1 Å². The largest absolute Gasteiger partial charge is 0.325 e. The smallest absolute Gasteiger partial charge is 0.234 e. The minimum atomic E-state index is -0.0380. The molecule has 0 aromatic heterocycles. The van der Waals surface area contributed by atoms with Gasteiger partial charge < -0.3 is 5.32 Å². The summed E-state index contributed by atoms with van der Waals surface area (Å²) in [4.78, 5) is 12.9. The van der Waals surface area contributed by atoms with Gasteiger partial charge in [-0.15, -0.1) is 11.8 Å². The number of hydrogen-bond acceptors (Lipinski definition) is 3. The van der Waals surface area contributed by atoms with Crippen molar-refractivity contribution in [2.75, 3.05) is 11.1 Å². The first-order valence-corrected chi connectivity index (χ1v) is 8.34. The van der Waals surface area contributed by atoms with Crippen LogP contribution in [0.3, 0.4) is 0 Å². The Hall–Kier alpha value is -1.52. The second-order valence-electron chi connectivity index (χ2n) is 4.44. The van der Waals surface area contributed by atoms with Crippen LogP contribution >= 0.6 is 34.4 Å². The highest BCUT2D eigenvalue weighted by Gasteiger charge is 2.05. The van der Waals surface area contributed by atoms with Crippen LogP contribution in [0.25, 0.3) is 0 Å². The first-order chi connectivity index (χ1) is 10.1. The lowest BCUT2D eigenvalue weighted by Gasteiger charge is -2.07. The molecule has 0 spiro atoms. The normalized spacial score (nSPS) is 9.95. The molecule has 1 amide bonds. The number of carbonyl (C=O) groups is 1. The van der Waals surface area contributed by atoms with E-state index in [0.29, 0.717) is 11.3 Å². The number of carbonyl (C=O) groups excluding carboxylic acids is 1. The standard InChI is InChI=1S/C16H13IN2OS/c1-11-2-5-13(8-15(11)17)19-16(20)10-21-14-6-3-12(9-18)4-7-14/h2-8H,10H2,1H3,(H,19,20). The van der Waals surface area contributed by atoms with E-state index < -0.39 is 0 Å². The summed E-state index contributed by atoms with van der Waals surface area (Å²) < 4.78 is 1.13. The summed E-state index contributed by atoms with van der Waals surface area (Å²) in [6.07, 6.45) is 0. The van der Waals surface area contributed by atoms with E-state index in [1.165, 1.54) is 17.3 Å². The average molecular weight is 408 g/mol. The van der Waals surface area contributed by atoms with Crippen molar-refractivity contribution in [1.29, 1.82) is 5.26 Å². The summed E-state index contributed by atoms with van der Waals surface area (Å²) in [5.74, 6) is 0.306. The minimum absolute atomic E-state index is 0.0380. The summed E-state index contributed by atoms with van der Waals surface area (Å²) in [7, 11) is 0. The number of hydrogen-bond donors (Lipinski definition) is 1. The molecule has 0 aliphatic carbocycles. The van der Waals surface area contributed by atoms with Gasteiger partial charge in [0.1, 0.15) is 0 Å². The molecule has 2 rings (SSSR count). The van der Waals surface area contributed by atoms with Crippen molar-refractivity contribution < 1.29 is 4.79 Å². The molecule has 106 valence electrons. The van der Waals surface area contributed by atoms with Gasteiger partial charge in [-0.2, -0.15) is 5.26 Å². The number of nitriles is 1. The van der Waals surface area contributed by atoms with Crippen LogP contribution in [0.2, 0.25) is 0 Å². The summed E-state index contributed by atoms with van der Waals surface area (Å²) in [6.45, 7) is 2.04. The van der Waals surface area contributed by atoms with Gasteiger partial charge in [-0.05, 0) is 71.5 Å². The third kappa shape index (κ3) is 4.76. The van der Waals surface area contributed by atoms with Gasteiger partial charge in [0.15, 0.2) is 0 Å². The minimum Gasteiger partial charge on any atom is -0.325 e. The van der Waals surface area contributed by atoms with Crippen molar-refractivity contribution in [2.24, 2.45) is 0 Å². The molecule has 0 unspecified atom stereocenters. The van der Waals surface area contributed by atoms with E-state index in [0.717, 1.165) is 14.2 Å². The van der Waals surface area contributed by atoms with Crippen LogP contribution in [-0.2, 0) is 4.79 Å². The second-order valence-corrected chi connectivity index (χ2v) is 6.65. The Morgan fingerprint density at radius 3 is 2.62 bits per heavy atom. The number of nitrogens with zero attached hydrogens (tertiary/aromatic N) is 1. The molecule has 1 N–H and O–H groups in total. The zero-order valence-corrected chi connectivity index (χ0v) is 14.4. The molecular weight excluding hydrogens is 395 g/mol. The number of halogens is 1. The van der Waals surface area contributed by atoms with Gasteiger partial charge in [0.25, 0.3) is 0 Å². The predicted molar refractivity (Wildman–Crippen MR) is 94.4 cm³/mol. The summed E-state index contributed by atoms with van der Waals surface area (Å²) in [6, 6.07) is 15.1. The summed E-state index contributed by atoms with van der Waals surface area (Å²) >= 11 is 3.70. The zero-order chi connectivity index (χ0) is 15.2. The van der Waals surface area contributed by atoms with Crippen molar-refractivity contribution in [3.05, 3.63) is 57.2 Å². The number of anilines is 1. The van der Waals surface area contributed by atoms with Crippen molar-refractivity contribution in [1.82, 2.24) is 0 Å². The van der Waals surface area contributed by atoms with E-state index in [1.54, 1.807) is 12.1 Å². The van der Waals surface area contributed by atoms with E-state index in [2.05, 4.69) is 34.0 Å². The van der Waals surface area contributed by atoms with Gasteiger partial charge in [-0.1, -0.05) is 6.07 Å². The van der Waals surface area contributed by atoms with E-state index >= 15 is 0 Å². The zero-order valence-electron chi connectivity index (χ0n) is 11.4. The van der Waals surface area contributed by atoms with Crippen molar-refractivity contribution >= 4 is 45.9 Å². The second kappa shape index (κ2) is 7.48. The Kier molecular flexibility index (Phi) is 5.65. The lowest BCUT2D eigenvalue weighted by Crippen LogP contribution is -2.14. The molecule has 2 aromatic carbocycles. The fourth-order valence-electron chi connectivity index (χ4n) is 1.64. The third-order valence-electron chi connectivity index (χ3n) is 2.81. The summed E-state index contributed by atoms with van der Waals surface area (Å²) in [5, 5.41) is 11.6. The Morgan fingerprint density at radius 1 is 1.29 bits per heavy atom. The molecule has 0 aliphatic rings. The molecular formula is C16H13IN2OS. The molecule has 3 nitrogen and oxygen atoms in total. The fourth-order valence-corrected chi connectivity index (χ4v) is 2.86. The number of aryl methyl sites for hydroxylation is 1. The average Bonchev–Trinajstić information content (AvgIpc) is 2.49. The maximum Gasteiger partial charge on any atom is 0.234 e. The maximum absolute atomic E-state index is 11.9. The van der Waals surface area contributed by atoms with E-state index in [4.69, 9.17) is 5.26 Å². The van der Waals surface area contributed by atoms with Crippen molar-refractivity contribution in [2.45, 2.75) is 11.8 Å². The SMILES string of the molecule is Cc1ccc(NC(=O)CSc2ccc(C#N)cc2)cc1I. The van der Waals surface area contributed by atoms with Crippen LogP contribution < -0.4 is 5.32 Å². The van der Waals surface area contributed by atoms with Crippen LogP contribution in [0, 0.1) is 21.8 Å². The van der Waals surface area contributed by atoms with Crippen LogP contribution in [0.15, 0.2) is 47.4 Å². The van der Waals surface area contributed by atoms with Crippen LogP contribution in [0.4, 0.5) is 5.69 Å². The lowest BCUT2D eigenvalue weighted by molar-refractivity contribution is -0.113. The molecule has 0 bridgehead atoms. The highest BCUT2D eigenvalue weighted by molar-refractivity contribution is 14.1. The number of rotatable bonds is 4. The Balaban J connectivity index is 1.89. The molecule has 0 radical (unpaired) electrons. The predicted octanol–water partition coefficient (Wildman–Crippen LogP) is 4.20. The molecule has 21 heavy (non-hydrogen) atoms. The van der Waals surface area contributed by atoms with E-state index in [9.17, 15) is 4.79 Å². The van der Waals surface area contributed by atoms with Crippen molar-refractivity contribution in [3.63, 3.8) is 0 Å². The monoisotopic (exact) mass is 408 g/mol. The van der Waals surface area contributed by atoms with Crippen LogP contribution in [-0.4, -0.2) is 11.7 Å². The van der Waals surface area contributed by atoms with Gasteiger partial charge in [0.05, 0.1) is 17.4 Å². The van der Waals surface area contributed by atoms with Gasteiger partial charge >= 0.3 is 0 Å². The first kappa shape index (κ1) is 15.9. The van der Waals surface area contributed by atoms with E-state index in [-0.39, 0.29) is 5.91 Å². The topological polar surface area (TPSA) is 52.9 Å². The summed E-state index contributed by atoms with van der Waals surface area (Å²) in [5.41, 5.74) is 2.63. The Morgan fingerprint density at radius 2 is 2.00 bits per heavy atom. The highest BCUT2D eigenvalue weighted by Crippen LogP contribution is 2.20. The Bertz CT molecular complexity index is 692. The van der Waals surface area contributed by atoms with Gasteiger partial charge in [0.2, 0.25) is 5.91 Å². The molecule has 0 aliphatic heterocycles. The van der Waals surface area contributed by atoms with Crippen molar-refractivity contribution in [3.8, 4) is 6.07 Å². The van der Waals surface area contributed by atoms with E-state index in [1.807, 2.05) is 37.3 Å². The van der Waals surface area contributed by atoms with Crippen LogP contribution in [0.5, 0.6) is 0 Å². The molecule has 0 atom stereocenters. The number of benzene rings is 2. The molecule has 2 aromatic rings. The Labute approximate surface area is 141 Å². The first-order valence-electron chi connectivity index (χ1n) is 6.27. The number of amides is 1. The van der Waals surface area contributed by atoms with Gasteiger partial charge in [-0.25, -0.2) is 0 Å². The number of thioether (sulfide) groups is 1. The molecule has 0 fully saturated rings. The highest BCUT2D eigenvalue weighted by atomic mass is 127. The molecule has 0 heterocycles. The molecule has 0 saturated carbocycles.